The van der Waals surface area contributed by atoms with Crippen molar-refractivity contribution in [2.75, 3.05) is 11.9 Å². The van der Waals surface area contributed by atoms with Gasteiger partial charge in [-0.3, -0.25) is 10.1 Å². The second kappa shape index (κ2) is 5.42. The van der Waals surface area contributed by atoms with Gasteiger partial charge < -0.3 is 10.4 Å². The second-order valence-electron chi connectivity index (χ2n) is 4.33. The maximum Gasteiger partial charge on any atom is 0.345 e. The highest BCUT2D eigenvalue weighted by atomic mass is 32.1. The highest BCUT2D eigenvalue weighted by Gasteiger charge is 2.20. The van der Waals surface area contributed by atoms with Crippen LogP contribution in [-0.2, 0) is 0 Å². The average Bonchev–Trinajstić information content (AvgIpc) is 2.75. The molecule has 1 saturated carbocycles. The lowest BCUT2D eigenvalue weighted by atomic mass is 9.87. The number of thiazole rings is 1. The molecular formula is C10H15N3O3S. The molecule has 0 amide bonds. The molecule has 94 valence electrons. The summed E-state index contributed by atoms with van der Waals surface area (Å²) in [6, 6.07) is 0. The monoisotopic (exact) mass is 257 g/mol. The largest absolute Gasteiger partial charge is 0.393 e. The Labute approximate surface area is 103 Å². The topological polar surface area (TPSA) is 88.3 Å². The standard InChI is InChI=1S/C10H15N3O3S/c14-8-3-1-2-7(4-8)5-11-10-12-6-9(17-10)13(15)16/h6-8,14H,1-5H2,(H,11,12). The van der Waals surface area contributed by atoms with Crippen LogP contribution in [0, 0.1) is 16.0 Å². The molecule has 1 heterocycles. The minimum Gasteiger partial charge on any atom is -0.393 e. The van der Waals surface area contributed by atoms with E-state index in [9.17, 15) is 15.2 Å². The van der Waals surface area contributed by atoms with Gasteiger partial charge in [0, 0.05) is 6.54 Å². The molecule has 17 heavy (non-hydrogen) atoms. The van der Waals surface area contributed by atoms with E-state index in [1.165, 1.54) is 6.20 Å². The molecule has 6 nitrogen and oxygen atoms in total. The Hall–Kier alpha value is -1.21. The minimum atomic E-state index is -0.437. The Morgan fingerprint density at radius 3 is 3.12 bits per heavy atom. The number of aliphatic hydroxyl groups excluding tert-OH is 1. The number of hydrogen-bond donors (Lipinski definition) is 2. The van der Waals surface area contributed by atoms with Gasteiger partial charge in [-0.05, 0) is 36.5 Å². The van der Waals surface area contributed by atoms with Crippen LogP contribution in [0.5, 0.6) is 0 Å². The van der Waals surface area contributed by atoms with Gasteiger partial charge in [0.05, 0.1) is 11.0 Å². The molecule has 2 unspecified atom stereocenters. The number of hydrogen-bond acceptors (Lipinski definition) is 6. The summed E-state index contributed by atoms with van der Waals surface area (Å²) in [7, 11) is 0. The van der Waals surface area contributed by atoms with Gasteiger partial charge in [-0.1, -0.05) is 6.42 Å². The first-order chi connectivity index (χ1) is 8.15. The molecule has 2 rings (SSSR count). The predicted octanol–water partition coefficient (Wildman–Crippen LogP) is 2.01. The highest BCUT2D eigenvalue weighted by Crippen LogP contribution is 2.27. The van der Waals surface area contributed by atoms with Gasteiger partial charge in [0.25, 0.3) is 0 Å². The van der Waals surface area contributed by atoms with E-state index < -0.39 is 4.92 Å². The zero-order valence-electron chi connectivity index (χ0n) is 9.33. The third kappa shape index (κ3) is 3.37. The molecule has 0 radical (unpaired) electrons. The fourth-order valence-electron chi connectivity index (χ4n) is 2.11. The quantitative estimate of drug-likeness (QED) is 0.636. The van der Waals surface area contributed by atoms with Crippen LogP contribution >= 0.6 is 11.3 Å². The third-order valence-electron chi connectivity index (χ3n) is 2.97. The molecule has 2 atom stereocenters. The van der Waals surface area contributed by atoms with E-state index >= 15 is 0 Å². The third-order valence-corrected chi connectivity index (χ3v) is 3.88. The summed E-state index contributed by atoms with van der Waals surface area (Å²) in [5.74, 6) is 0.432. The van der Waals surface area contributed by atoms with Crippen LogP contribution in [0.3, 0.4) is 0 Å². The first-order valence-electron chi connectivity index (χ1n) is 5.67. The molecule has 0 spiro atoms. The number of nitrogens with one attached hydrogen (secondary N) is 1. The van der Waals surface area contributed by atoms with Gasteiger partial charge in [0.1, 0.15) is 6.20 Å². The Bertz CT molecular complexity index is 396. The maximum atomic E-state index is 10.5. The average molecular weight is 257 g/mol. The summed E-state index contributed by atoms with van der Waals surface area (Å²) in [5, 5.41) is 23.7. The first kappa shape index (κ1) is 12.3. The molecule has 1 aromatic heterocycles. The van der Waals surface area contributed by atoms with Crippen molar-refractivity contribution < 1.29 is 10.0 Å². The molecular weight excluding hydrogens is 242 g/mol. The van der Waals surface area contributed by atoms with Gasteiger partial charge in [0.15, 0.2) is 5.13 Å². The van der Waals surface area contributed by atoms with Crippen molar-refractivity contribution in [1.29, 1.82) is 0 Å². The van der Waals surface area contributed by atoms with Gasteiger partial charge in [-0.15, -0.1) is 0 Å². The zero-order valence-corrected chi connectivity index (χ0v) is 10.2. The molecule has 1 aliphatic carbocycles. The molecule has 0 bridgehead atoms. The Balaban J connectivity index is 1.82. The van der Waals surface area contributed by atoms with Crippen molar-refractivity contribution in [2.45, 2.75) is 31.8 Å². The second-order valence-corrected chi connectivity index (χ2v) is 5.34. The van der Waals surface area contributed by atoms with E-state index in [4.69, 9.17) is 0 Å². The molecule has 2 N–H and O–H groups in total. The number of aliphatic hydroxyl groups is 1. The molecule has 1 aliphatic rings. The van der Waals surface area contributed by atoms with E-state index in [0.717, 1.165) is 43.6 Å². The van der Waals surface area contributed by atoms with Crippen LogP contribution in [0.4, 0.5) is 10.1 Å². The normalized spacial score (nSPS) is 24.5. The zero-order chi connectivity index (χ0) is 12.3. The summed E-state index contributed by atoms with van der Waals surface area (Å²) in [5.41, 5.74) is 0. The van der Waals surface area contributed by atoms with Crippen molar-refractivity contribution >= 4 is 21.5 Å². The van der Waals surface area contributed by atoms with E-state index in [1.54, 1.807) is 0 Å². The molecule has 0 aliphatic heterocycles. The van der Waals surface area contributed by atoms with Crippen LogP contribution in [0.2, 0.25) is 0 Å². The van der Waals surface area contributed by atoms with Crippen molar-refractivity contribution in [3.05, 3.63) is 16.3 Å². The first-order valence-corrected chi connectivity index (χ1v) is 6.49. The summed E-state index contributed by atoms with van der Waals surface area (Å²) in [6.07, 6.45) is 4.91. The minimum absolute atomic E-state index is 0.0520. The Morgan fingerprint density at radius 1 is 1.65 bits per heavy atom. The lowest BCUT2D eigenvalue weighted by molar-refractivity contribution is -0.380. The number of anilines is 1. The summed E-state index contributed by atoms with van der Waals surface area (Å²) in [4.78, 5) is 14.0. The highest BCUT2D eigenvalue weighted by molar-refractivity contribution is 7.18. The van der Waals surface area contributed by atoms with Gasteiger partial charge in [0.2, 0.25) is 0 Å². The van der Waals surface area contributed by atoms with Gasteiger partial charge in [-0.25, -0.2) is 4.98 Å². The van der Waals surface area contributed by atoms with Crippen LogP contribution < -0.4 is 5.32 Å². The van der Waals surface area contributed by atoms with Crippen LogP contribution in [0.15, 0.2) is 6.20 Å². The van der Waals surface area contributed by atoms with Crippen LogP contribution in [0.25, 0.3) is 0 Å². The van der Waals surface area contributed by atoms with Crippen LogP contribution in [-0.4, -0.2) is 27.7 Å². The van der Waals surface area contributed by atoms with E-state index in [0.29, 0.717) is 11.0 Å². The van der Waals surface area contributed by atoms with E-state index in [2.05, 4.69) is 10.3 Å². The number of nitro groups is 1. The van der Waals surface area contributed by atoms with Crippen molar-refractivity contribution in [3.8, 4) is 0 Å². The summed E-state index contributed by atoms with van der Waals surface area (Å²) < 4.78 is 0. The van der Waals surface area contributed by atoms with E-state index in [1.807, 2.05) is 0 Å². The van der Waals surface area contributed by atoms with Crippen LogP contribution in [0.1, 0.15) is 25.7 Å². The van der Waals surface area contributed by atoms with Crippen molar-refractivity contribution in [3.63, 3.8) is 0 Å². The smallest absolute Gasteiger partial charge is 0.345 e. The fraction of sp³-hybridized carbons (Fsp3) is 0.700. The molecule has 0 aromatic carbocycles. The molecule has 1 aromatic rings. The van der Waals surface area contributed by atoms with E-state index in [-0.39, 0.29) is 11.1 Å². The summed E-state index contributed by atoms with van der Waals surface area (Å²) in [6.45, 7) is 0.724. The Kier molecular flexibility index (Phi) is 3.90. The fourth-order valence-corrected chi connectivity index (χ4v) is 2.75. The number of rotatable bonds is 4. The van der Waals surface area contributed by atoms with Gasteiger partial charge >= 0.3 is 5.00 Å². The lowest BCUT2D eigenvalue weighted by Gasteiger charge is -2.25. The van der Waals surface area contributed by atoms with Gasteiger partial charge in [-0.2, -0.15) is 0 Å². The SMILES string of the molecule is O=[N+]([O-])c1cnc(NCC2CCCC(O)C2)s1. The molecule has 0 saturated heterocycles. The lowest BCUT2D eigenvalue weighted by Crippen LogP contribution is -2.24. The summed E-state index contributed by atoms with van der Waals surface area (Å²) >= 11 is 1.05. The van der Waals surface area contributed by atoms with Crippen molar-refractivity contribution in [2.24, 2.45) is 5.92 Å². The number of aromatic nitrogens is 1. The Morgan fingerprint density at radius 2 is 2.47 bits per heavy atom. The molecule has 7 heteroatoms. The number of nitrogens with zero attached hydrogens (tertiary/aromatic N) is 2. The molecule has 1 fully saturated rings. The predicted molar refractivity (Wildman–Crippen MR) is 65.2 cm³/mol. The van der Waals surface area contributed by atoms with Crippen molar-refractivity contribution in [1.82, 2.24) is 4.98 Å². The maximum absolute atomic E-state index is 10.5.